The van der Waals surface area contributed by atoms with Gasteiger partial charge in [0.1, 0.15) is 11.6 Å². The Balaban J connectivity index is 2.47. The van der Waals surface area contributed by atoms with Crippen LogP contribution < -0.4 is 11.5 Å². The zero-order valence-corrected chi connectivity index (χ0v) is 10.6. The molecule has 0 saturated carbocycles. The minimum absolute atomic E-state index is 0.308. The van der Waals surface area contributed by atoms with Gasteiger partial charge in [0.2, 0.25) is 0 Å². The number of pyridine rings is 1. The maximum Gasteiger partial charge on any atom is 0.129 e. The van der Waals surface area contributed by atoms with Gasteiger partial charge in [-0.2, -0.15) is 0 Å². The van der Waals surface area contributed by atoms with E-state index >= 15 is 0 Å². The minimum atomic E-state index is -0.658. The van der Waals surface area contributed by atoms with Crippen LogP contribution in [0.5, 0.6) is 0 Å². The number of nitrogens with two attached hydrogens (primary N) is 2. The van der Waals surface area contributed by atoms with E-state index in [-0.39, 0.29) is 0 Å². The Morgan fingerprint density at radius 2 is 2.00 bits per heavy atom. The first-order chi connectivity index (χ1) is 8.49. The van der Waals surface area contributed by atoms with E-state index in [1.54, 1.807) is 24.4 Å². The van der Waals surface area contributed by atoms with Gasteiger partial charge in [-0.25, -0.2) is 9.37 Å². The molecule has 3 nitrogen and oxygen atoms in total. The number of hydrogen-bond acceptors (Lipinski definition) is 3. The average molecular weight is 266 g/mol. The van der Waals surface area contributed by atoms with Crippen molar-refractivity contribution in [2.75, 3.05) is 5.73 Å². The maximum absolute atomic E-state index is 13.8. The smallest absolute Gasteiger partial charge is 0.129 e. The molecule has 0 aliphatic carbocycles. The lowest BCUT2D eigenvalue weighted by atomic mass is 9.98. The monoisotopic (exact) mass is 265 g/mol. The Morgan fingerprint density at radius 3 is 2.67 bits per heavy atom. The zero-order valence-electron chi connectivity index (χ0n) is 9.82. The quantitative estimate of drug-likeness (QED) is 0.878. The molecular weight excluding hydrogens is 253 g/mol. The molecule has 0 radical (unpaired) electrons. The third-order valence-corrected chi connectivity index (χ3v) is 2.95. The van der Waals surface area contributed by atoms with E-state index in [1.807, 2.05) is 6.92 Å². The molecule has 18 heavy (non-hydrogen) atoms. The fraction of sp³-hybridized carbons (Fsp3) is 0.154. The highest BCUT2D eigenvalue weighted by Crippen LogP contribution is 2.27. The molecule has 1 aromatic heterocycles. The number of aromatic nitrogens is 1. The van der Waals surface area contributed by atoms with E-state index in [9.17, 15) is 4.39 Å². The number of rotatable bonds is 2. The summed E-state index contributed by atoms with van der Waals surface area (Å²) in [4.78, 5) is 4.02. The number of anilines is 1. The van der Waals surface area contributed by atoms with Crippen LogP contribution >= 0.6 is 11.6 Å². The van der Waals surface area contributed by atoms with Crippen LogP contribution in [0, 0.1) is 12.7 Å². The van der Waals surface area contributed by atoms with E-state index in [0.717, 1.165) is 5.56 Å². The van der Waals surface area contributed by atoms with Crippen LogP contribution in [0.25, 0.3) is 0 Å². The fourth-order valence-electron chi connectivity index (χ4n) is 1.77. The van der Waals surface area contributed by atoms with Crippen LogP contribution in [-0.4, -0.2) is 4.98 Å². The number of benzene rings is 1. The molecule has 0 aliphatic heterocycles. The Bertz CT molecular complexity index is 586. The summed E-state index contributed by atoms with van der Waals surface area (Å²) in [6.45, 7) is 1.88. The lowest BCUT2D eigenvalue weighted by molar-refractivity contribution is 0.600. The summed E-state index contributed by atoms with van der Waals surface area (Å²) in [6.07, 6.45) is 1.64. The van der Waals surface area contributed by atoms with Gasteiger partial charge in [0.25, 0.3) is 0 Å². The van der Waals surface area contributed by atoms with Gasteiger partial charge in [-0.05, 0) is 30.7 Å². The molecule has 4 N–H and O–H groups in total. The van der Waals surface area contributed by atoms with Gasteiger partial charge in [-0.15, -0.1) is 0 Å². The Morgan fingerprint density at radius 1 is 1.28 bits per heavy atom. The fourth-order valence-corrected chi connectivity index (χ4v) is 1.93. The third-order valence-electron chi connectivity index (χ3n) is 2.72. The Hall–Kier alpha value is -1.65. The Kier molecular flexibility index (Phi) is 3.50. The normalized spacial score (nSPS) is 12.4. The van der Waals surface area contributed by atoms with E-state index in [2.05, 4.69) is 4.98 Å². The van der Waals surface area contributed by atoms with Crippen molar-refractivity contribution >= 4 is 17.4 Å². The molecule has 0 spiro atoms. The van der Waals surface area contributed by atoms with Gasteiger partial charge < -0.3 is 11.5 Å². The second-order valence-corrected chi connectivity index (χ2v) is 4.57. The first kappa shape index (κ1) is 12.8. The van der Waals surface area contributed by atoms with Crippen LogP contribution in [0.15, 0.2) is 30.5 Å². The van der Waals surface area contributed by atoms with Crippen molar-refractivity contribution in [3.05, 3.63) is 58.0 Å². The highest BCUT2D eigenvalue weighted by atomic mass is 35.5. The minimum Gasteiger partial charge on any atom is -0.383 e. The van der Waals surface area contributed by atoms with Crippen molar-refractivity contribution < 1.29 is 4.39 Å². The maximum atomic E-state index is 13.8. The van der Waals surface area contributed by atoms with E-state index in [4.69, 9.17) is 23.1 Å². The van der Waals surface area contributed by atoms with Gasteiger partial charge in [0.15, 0.2) is 0 Å². The van der Waals surface area contributed by atoms with Crippen LogP contribution in [0.4, 0.5) is 10.2 Å². The molecule has 1 aromatic carbocycles. The molecule has 0 saturated heterocycles. The van der Waals surface area contributed by atoms with E-state index in [0.29, 0.717) is 22.0 Å². The lowest BCUT2D eigenvalue weighted by Gasteiger charge is -2.15. The van der Waals surface area contributed by atoms with Gasteiger partial charge in [0.05, 0.1) is 6.04 Å². The molecule has 0 amide bonds. The first-order valence-corrected chi connectivity index (χ1v) is 5.79. The second-order valence-electron chi connectivity index (χ2n) is 4.13. The summed E-state index contributed by atoms with van der Waals surface area (Å²) in [5.41, 5.74) is 13.7. The van der Waals surface area contributed by atoms with Crippen molar-refractivity contribution in [2.45, 2.75) is 13.0 Å². The summed E-state index contributed by atoms with van der Waals surface area (Å²) in [6, 6.07) is 5.54. The molecule has 94 valence electrons. The molecule has 5 heteroatoms. The summed E-state index contributed by atoms with van der Waals surface area (Å²) in [5.74, 6) is -0.140. The van der Waals surface area contributed by atoms with Crippen molar-refractivity contribution in [3.8, 4) is 0 Å². The molecule has 2 rings (SSSR count). The Labute approximate surface area is 110 Å². The van der Waals surface area contributed by atoms with Crippen molar-refractivity contribution in [1.29, 1.82) is 0 Å². The molecule has 1 atom stereocenters. The highest BCUT2D eigenvalue weighted by molar-refractivity contribution is 6.30. The number of halogens is 2. The van der Waals surface area contributed by atoms with E-state index < -0.39 is 11.9 Å². The van der Waals surface area contributed by atoms with E-state index in [1.165, 1.54) is 6.07 Å². The standard InChI is InChI=1S/C13H13ClFN3/c1-7-4-10(13(17)18-6-7)12(16)9-3-2-8(14)5-11(9)15/h2-6,12H,16H2,1H3,(H2,17,18). The number of nitrogen functional groups attached to an aromatic ring is 1. The molecule has 0 aliphatic rings. The molecule has 0 bridgehead atoms. The number of nitrogens with zero attached hydrogens (tertiary/aromatic N) is 1. The van der Waals surface area contributed by atoms with Gasteiger partial charge in [-0.3, -0.25) is 0 Å². The second kappa shape index (κ2) is 4.92. The molecular formula is C13H13ClFN3. The average Bonchev–Trinajstić information content (AvgIpc) is 2.31. The van der Waals surface area contributed by atoms with Gasteiger partial charge >= 0.3 is 0 Å². The molecule has 2 aromatic rings. The SMILES string of the molecule is Cc1cnc(N)c(C(N)c2ccc(Cl)cc2F)c1. The first-order valence-electron chi connectivity index (χ1n) is 5.41. The molecule has 0 fully saturated rings. The van der Waals surface area contributed by atoms with Crippen LogP contribution in [0.2, 0.25) is 5.02 Å². The van der Waals surface area contributed by atoms with Crippen molar-refractivity contribution in [2.24, 2.45) is 5.73 Å². The summed E-state index contributed by atoms with van der Waals surface area (Å²) >= 11 is 5.71. The topological polar surface area (TPSA) is 64.9 Å². The lowest BCUT2D eigenvalue weighted by Crippen LogP contribution is -2.16. The van der Waals surface area contributed by atoms with Gasteiger partial charge in [0, 0.05) is 22.3 Å². The predicted octanol–water partition coefficient (Wildman–Crippen LogP) is 2.81. The van der Waals surface area contributed by atoms with Crippen molar-refractivity contribution in [1.82, 2.24) is 4.98 Å². The molecule has 1 unspecified atom stereocenters. The number of hydrogen-bond donors (Lipinski definition) is 2. The van der Waals surface area contributed by atoms with Gasteiger partial charge in [-0.1, -0.05) is 17.7 Å². The summed E-state index contributed by atoms with van der Waals surface area (Å²) < 4.78 is 13.8. The highest BCUT2D eigenvalue weighted by Gasteiger charge is 2.17. The summed E-state index contributed by atoms with van der Waals surface area (Å²) in [7, 11) is 0. The largest absolute Gasteiger partial charge is 0.383 e. The van der Waals surface area contributed by atoms with Crippen LogP contribution in [-0.2, 0) is 0 Å². The van der Waals surface area contributed by atoms with Crippen LogP contribution in [0.3, 0.4) is 0 Å². The van der Waals surface area contributed by atoms with Crippen LogP contribution in [0.1, 0.15) is 22.7 Å². The summed E-state index contributed by atoms with van der Waals surface area (Å²) in [5, 5.41) is 0.332. The zero-order chi connectivity index (χ0) is 13.3. The van der Waals surface area contributed by atoms with Crippen molar-refractivity contribution in [3.63, 3.8) is 0 Å². The predicted molar refractivity (Wildman–Crippen MR) is 70.8 cm³/mol. The third kappa shape index (κ3) is 2.44. The number of aryl methyl sites for hydroxylation is 1. The molecule has 1 heterocycles.